The third-order valence-corrected chi connectivity index (χ3v) is 3.23. The second-order valence-electron chi connectivity index (χ2n) is 5.42. The van der Waals surface area contributed by atoms with Crippen molar-refractivity contribution in [1.29, 1.82) is 0 Å². The van der Waals surface area contributed by atoms with Gasteiger partial charge in [0.05, 0.1) is 12.7 Å². The highest BCUT2D eigenvalue weighted by molar-refractivity contribution is 5.24. The van der Waals surface area contributed by atoms with E-state index in [9.17, 15) is 0 Å². The van der Waals surface area contributed by atoms with Crippen LogP contribution >= 0.6 is 0 Å². The highest BCUT2D eigenvalue weighted by atomic mass is 16.5. The summed E-state index contributed by atoms with van der Waals surface area (Å²) < 4.78 is 6.02. The Morgan fingerprint density at radius 1 is 1.17 bits per heavy atom. The lowest BCUT2D eigenvalue weighted by Crippen LogP contribution is -2.28. The van der Waals surface area contributed by atoms with Crippen LogP contribution in [0.1, 0.15) is 50.8 Å². The highest BCUT2D eigenvalue weighted by Gasteiger charge is 2.17. The zero-order valence-corrected chi connectivity index (χ0v) is 12.1. The minimum atomic E-state index is 0.00454. The summed E-state index contributed by atoms with van der Waals surface area (Å²) in [4.78, 5) is 0. The van der Waals surface area contributed by atoms with Crippen molar-refractivity contribution in [1.82, 2.24) is 0 Å². The van der Waals surface area contributed by atoms with E-state index in [1.807, 2.05) is 6.92 Å². The van der Waals surface area contributed by atoms with Gasteiger partial charge < -0.3 is 10.5 Å². The molecule has 0 fully saturated rings. The van der Waals surface area contributed by atoms with Crippen molar-refractivity contribution in [2.24, 2.45) is 11.7 Å². The summed E-state index contributed by atoms with van der Waals surface area (Å²) in [6, 6.07) is 8.48. The second kappa shape index (κ2) is 7.55. The van der Waals surface area contributed by atoms with Crippen LogP contribution in [0.3, 0.4) is 0 Å². The van der Waals surface area contributed by atoms with Gasteiger partial charge in [-0.25, -0.2) is 0 Å². The van der Waals surface area contributed by atoms with Crippen molar-refractivity contribution in [2.45, 2.75) is 52.7 Å². The van der Waals surface area contributed by atoms with E-state index in [0.717, 1.165) is 6.61 Å². The molecule has 2 nitrogen and oxygen atoms in total. The van der Waals surface area contributed by atoms with Gasteiger partial charge in [0.25, 0.3) is 0 Å². The molecule has 0 saturated carbocycles. The summed E-state index contributed by atoms with van der Waals surface area (Å²) in [5, 5.41) is 0. The fourth-order valence-electron chi connectivity index (χ4n) is 2.15. The van der Waals surface area contributed by atoms with E-state index in [-0.39, 0.29) is 12.1 Å². The number of hydrogen-bond acceptors (Lipinski definition) is 2. The Balaban J connectivity index is 2.63. The highest BCUT2D eigenvalue weighted by Crippen LogP contribution is 2.22. The number of benzene rings is 1. The van der Waals surface area contributed by atoms with Gasteiger partial charge in [-0.15, -0.1) is 0 Å². The predicted octanol–water partition coefficient (Wildman–Crippen LogP) is 3.84. The van der Waals surface area contributed by atoms with Gasteiger partial charge in [-0.1, -0.05) is 50.1 Å². The molecule has 3 atom stereocenters. The van der Waals surface area contributed by atoms with Crippen LogP contribution in [0.5, 0.6) is 0 Å². The molecule has 0 spiro atoms. The molecule has 0 aliphatic carbocycles. The molecule has 0 aromatic heterocycles. The molecule has 0 aliphatic rings. The van der Waals surface area contributed by atoms with Crippen molar-refractivity contribution < 1.29 is 4.74 Å². The van der Waals surface area contributed by atoms with Crippen molar-refractivity contribution in [3.05, 3.63) is 35.4 Å². The largest absolute Gasteiger partial charge is 0.372 e. The standard InChI is InChI=1S/C16H27NO/c1-5-6-13(3)11-18-16(14(4)17)15-9-7-12(2)8-10-15/h7-10,13-14,16H,5-6,11,17H2,1-4H3. The molecular formula is C16H27NO. The Hall–Kier alpha value is -0.860. The maximum atomic E-state index is 6.04. The first-order valence-electron chi connectivity index (χ1n) is 6.98. The van der Waals surface area contributed by atoms with E-state index in [4.69, 9.17) is 10.5 Å². The fraction of sp³-hybridized carbons (Fsp3) is 0.625. The fourth-order valence-corrected chi connectivity index (χ4v) is 2.15. The molecule has 0 aliphatic heterocycles. The molecule has 3 unspecified atom stereocenters. The van der Waals surface area contributed by atoms with Crippen LogP contribution in [0.4, 0.5) is 0 Å². The molecule has 0 bridgehead atoms. The molecule has 2 heteroatoms. The minimum absolute atomic E-state index is 0.00454. The minimum Gasteiger partial charge on any atom is -0.372 e. The molecule has 1 aromatic rings. The lowest BCUT2D eigenvalue weighted by Gasteiger charge is -2.24. The van der Waals surface area contributed by atoms with Gasteiger partial charge in [0.2, 0.25) is 0 Å². The van der Waals surface area contributed by atoms with Gasteiger partial charge in [-0.05, 0) is 31.7 Å². The van der Waals surface area contributed by atoms with Gasteiger partial charge in [-0.3, -0.25) is 0 Å². The number of aryl methyl sites for hydroxylation is 1. The van der Waals surface area contributed by atoms with E-state index >= 15 is 0 Å². The molecule has 0 radical (unpaired) electrons. The Morgan fingerprint density at radius 2 is 1.78 bits per heavy atom. The van der Waals surface area contributed by atoms with Crippen LogP contribution in [-0.4, -0.2) is 12.6 Å². The van der Waals surface area contributed by atoms with E-state index in [0.29, 0.717) is 5.92 Å². The van der Waals surface area contributed by atoms with Crippen LogP contribution in [0, 0.1) is 12.8 Å². The molecule has 1 rings (SSSR count). The Bertz CT molecular complexity index is 331. The zero-order chi connectivity index (χ0) is 13.5. The van der Waals surface area contributed by atoms with Gasteiger partial charge in [0.1, 0.15) is 0 Å². The average molecular weight is 249 g/mol. The summed E-state index contributed by atoms with van der Waals surface area (Å²) in [7, 11) is 0. The van der Waals surface area contributed by atoms with Crippen LogP contribution in [-0.2, 0) is 4.74 Å². The van der Waals surface area contributed by atoms with Crippen molar-refractivity contribution >= 4 is 0 Å². The predicted molar refractivity (Wildman–Crippen MR) is 77.6 cm³/mol. The number of nitrogens with two attached hydrogens (primary N) is 1. The monoisotopic (exact) mass is 249 g/mol. The first-order chi connectivity index (χ1) is 8.54. The third-order valence-electron chi connectivity index (χ3n) is 3.23. The van der Waals surface area contributed by atoms with Crippen molar-refractivity contribution in [2.75, 3.05) is 6.61 Å². The quantitative estimate of drug-likeness (QED) is 0.797. The SMILES string of the molecule is CCCC(C)COC(c1ccc(C)cc1)C(C)N. The maximum Gasteiger partial charge on any atom is 0.0973 e. The molecule has 0 heterocycles. The van der Waals surface area contributed by atoms with E-state index in [1.54, 1.807) is 0 Å². The van der Waals surface area contributed by atoms with Gasteiger partial charge in [-0.2, -0.15) is 0 Å². The van der Waals surface area contributed by atoms with Crippen LogP contribution in [0.2, 0.25) is 0 Å². The van der Waals surface area contributed by atoms with Crippen LogP contribution < -0.4 is 5.73 Å². The Kier molecular flexibility index (Phi) is 6.37. The summed E-state index contributed by atoms with van der Waals surface area (Å²) in [6.07, 6.45) is 2.42. The lowest BCUT2D eigenvalue weighted by molar-refractivity contribution is 0.0173. The molecule has 1 aromatic carbocycles. The van der Waals surface area contributed by atoms with Gasteiger partial charge >= 0.3 is 0 Å². The summed E-state index contributed by atoms with van der Waals surface area (Å²) >= 11 is 0. The topological polar surface area (TPSA) is 35.2 Å². The molecule has 2 N–H and O–H groups in total. The second-order valence-corrected chi connectivity index (χ2v) is 5.42. The van der Waals surface area contributed by atoms with Crippen molar-refractivity contribution in [3.63, 3.8) is 0 Å². The van der Waals surface area contributed by atoms with E-state index in [1.165, 1.54) is 24.0 Å². The maximum absolute atomic E-state index is 6.04. The van der Waals surface area contributed by atoms with Gasteiger partial charge in [0.15, 0.2) is 0 Å². The zero-order valence-electron chi connectivity index (χ0n) is 12.1. The van der Waals surface area contributed by atoms with E-state index in [2.05, 4.69) is 45.0 Å². The average Bonchev–Trinajstić information content (AvgIpc) is 2.31. The van der Waals surface area contributed by atoms with E-state index < -0.39 is 0 Å². The molecule has 18 heavy (non-hydrogen) atoms. The van der Waals surface area contributed by atoms with Gasteiger partial charge in [0, 0.05) is 6.04 Å². The van der Waals surface area contributed by atoms with Crippen LogP contribution in [0.25, 0.3) is 0 Å². The molecule has 102 valence electrons. The molecule has 0 amide bonds. The van der Waals surface area contributed by atoms with Crippen LogP contribution in [0.15, 0.2) is 24.3 Å². The first-order valence-corrected chi connectivity index (χ1v) is 6.98. The lowest BCUT2D eigenvalue weighted by atomic mass is 10.0. The smallest absolute Gasteiger partial charge is 0.0973 e. The Morgan fingerprint density at radius 3 is 2.28 bits per heavy atom. The number of rotatable bonds is 7. The number of ether oxygens (including phenoxy) is 1. The normalized spacial score (nSPS) is 16.3. The summed E-state index contributed by atoms with van der Waals surface area (Å²) in [6.45, 7) is 9.33. The Labute approximate surface area is 112 Å². The van der Waals surface area contributed by atoms with Crippen molar-refractivity contribution in [3.8, 4) is 0 Å². The number of hydrogen-bond donors (Lipinski definition) is 1. The summed E-state index contributed by atoms with van der Waals surface area (Å²) in [5.74, 6) is 0.599. The molecule has 0 saturated heterocycles. The first kappa shape index (κ1) is 15.2. The third kappa shape index (κ3) is 4.79. The molecular weight excluding hydrogens is 222 g/mol. The summed E-state index contributed by atoms with van der Waals surface area (Å²) in [5.41, 5.74) is 8.49.